The highest BCUT2D eigenvalue weighted by Crippen LogP contribution is 2.18. The van der Waals surface area contributed by atoms with Crippen molar-refractivity contribution in [1.29, 1.82) is 0 Å². The van der Waals surface area contributed by atoms with Gasteiger partial charge in [-0.25, -0.2) is 9.97 Å². The fraction of sp³-hybridized carbons (Fsp3) is 0.375. The van der Waals surface area contributed by atoms with Gasteiger partial charge in [-0.15, -0.1) is 0 Å². The van der Waals surface area contributed by atoms with Crippen molar-refractivity contribution in [2.24, 2.45) is 0 Å². The lowest BCUT2D eigenvalue weighted by molar-refractivity contribution is 0.122. The molecule has 0 unspecified atom stereocenters. The van der Waals surface area contributed by atoms with E-state index in [-0.39, 0.29) is 0 Å². The number of hydrogen-bond donors (Lipinski definition) is 1. The summed E-state index contributed by atoms with van der Waals surface area (Å²) in [6.07, 6.45) is 1.59. The predicted octanol–water partition coefficient (Wildman–Crippen LogP) is 2.57. The molecule has 1 aliphatic rings. The Hall–Kier alpha value is -1.86. The Morgan fingerprint density at radius 2 is 2.09 bits per heavy atom. The van der Waals surface area contributed by atoms with Gasteiger partial charge >= 0.3 is 0 Å². The van der Waals surface area contributed by atoms with Gasteiger partial charge in [-0.3, -0.25) is 0 Å². The Morgan fingerprint density at radius 3 is 2.91 bits per heavy atom. The van der Waals surface area contributed by atoms with Gasteiger partial charge in [0.25, 0.3) is 0 Å². The Bertz CT molecular complexity index is 635. The molecular weight excluding hydrogens is 360 g/mol. The summed E-state index contributed by atoms with van der Waals surface area (Å²) in [7, 11) is 0. The molecule has 0 aliphatic carbocycles. The highest BCUT2D eigenvalue weighted by atomic mass is 79.9. The molecule has 2 aromatic rings. The van der Waals surface area contributed by atoms with Crippen LogP contribution in [-0.4, -0.2) is 49.4 Å². The third-order valence-electron chi connectivity index (χ3n) is 3.46. The van der Waals surface area contributed by atoms with E-state index in [1.54, 1.807) is 6.33 Å². The molecule has 1 saturated heterocycles. The number of nitrogens with one attached hydrogen (secondary N) is 1. The Kier molecular flexibility index (Phi) is 5.65. The second-order valence-corrected chi connectivity index (χ2v) is 6.01. The van der Waals surface area contributed by atoms with Crippen LogP contribution in [0.1, 0.15) is 0 Å². The largest absolute Gasteiger partial charge is 0.492 e. The van der Waals surface area contributed by atoms with Crippen LogP contribution in [0.4, 0.5) is 11.6 Å². The molecule has 0 bridgehead atoms. The number of halogens is 1. The smallest absolute Gasteiger partial charge is 0.134 e. The highest BCUT2D eigenvalue weighted by molar-refractivity contribution is 9.10. The Labute approximate surface area is 144 Å². The molecule has 6 nitrogen and oxygen atoms in total. The van der Waals surface area contributed by atoms with Gasteiger partial charge in [-0.2, -0.15) is 0 Å². The molecule has 0 radical (unpaired) electrons. The molecule has 0 spiro atoms. The van der Waals surface area contributed by atoms with Crippen LogP contribution in [0.25, 0.3) is 0 Å². The molecule has 0 atom stereocenters. The zero-order valence-corrected chi connectivity index (χ0v) is 14.3. The summed E-state index contributed by atoms with van der Waals surface area (Å²) in [5, 5.41) is 3.26. The number of ether oxygens (including phenoxy) is 2. The van der Waals surface area contributed by atoms with Gasteiger partial charge in [-0.05, 0) is 18.2 Å². The molecule has 3 rings (SSSR count). The first kappa shape index (κ1) is 16.0. The van der Waals surface area contributed by atoms with E-state index in [4.69, 9.17) is 9.47 Å². The summed E-state index contributed by atoms with van der Waals surface area (Å²) >= 11 is 3.43. The zero-order valence-electron chi connectivity index (χ0n) is 12.7. The van der Waals surface area contributed by atoms with Gasteiger partial charge in [-0.1, -0.05) is 22.0 Å². The number of rotatable bonds is 6. The summed E-state index contributed by atoms with van der Waals surface area (Å²) in [6, 6.07) is 9.77. The summed E-state index contributed by atoms with van der Waals surface area (Å²) < 4.78 is 12.1. The van der Waals surface area contributed by atoms with Crippen molar-refractivity contribution in [3.63, 3.8) is 0 Å². The summed E-state index contributed by atoms with van der Waals surface area (Å²) in [5.74, 6) is 2.58. The topological polar surface area (TPSA) is 59.5 Å². The summed E-state index contributed by atoms with van der Waals surface area (Å²) in [6.45, 7) is 4.45. The fourth-order valence-corrected chi connectivity index (χ4v) is 2.69. The lowest BCUT2D eigenvalue weighted by Crippen LogP contribution is -2.36. The van der Waals surface area contributed by atoms with E-state index in [9.17, 15) is 0 Å². The van der Waals surface area contributed by atoms with Crippen LogP contribution in [0.5, 0.6) is 5.75 Å². The average Bonchev–Trinajstić information content (AvgIpc) is 2.60. The van der Waals surface area contributed by atoms with Crippen molar-refractivity contribution in [2.45, 2.75) is 0 Å². The highest BCUT2D eigenvalue weighted by Gasteiger charge is 2.12. The average molecular weight is 379 g/mol. The van der Waals surface area contributed by atoms with Gasteiger partial charge in [0.05, 0.1) is 19.8 Å². The zero-order chi connectivity index (χ0) is 15.9. The van der Waals surface area contributed by atoms with Gasteiger partial charge in [0, 0.05) is 23.6 Å². The third-order valence-corrected chi connectivity index (χ3v) is 3.95. The molecule has 1 aromatic carbocycles. The minimum atomic E-state index is 0.563. The van der Waals surface area contributed by atoms with Crippen molar-refractivity contribution in [1.82, 2.24) is 9.97 Å². The van der Waals surface area contributed by atoms with E-state index < -0.39 is 0 Å². The monoisotopic (exact) mass is 378 g/mol. The molecule has 1 aliphatic heterocycles. The lowest BCUT2D eigenvalue weighted by Gasteiger charge is -2.27. The van der Waals surface area contributed by atoms with Gasteiger partial charge in [0.2, 0.25) is 0 Å². The van der Waals surface area contributed by atoms with E-state index in [1.165, 1.54) is 0 Å². The van der Waals surface area contributed by atoms with Crippen LogP contribution < -0.4 is 15.0 Å². The van der Waals surface area contributed by atoms with Crippen molar-refractivity contribution < 1.29 is 9.47 Å². The molecule has 0 saturated carbocycles. The van der Waals surface area contributed by atoms with Crippen molar-refractivity contribution in [3.8, 4) is 5.75 Å². The Morgan fingerprint density at radius 1 is 1.22 bits per heavy atom. The first-order chi connectivity index (χ1) is 11.3. The minimum absolute atomic E-state index is 0.563. The van der Waals surface area contributed by atoms with Crippen LogP contribution in [-0.2, 0) is 4.74 Å². The quantitative estimate of drug-likeness (QED) is 0.779. The Balaban J connectivity index is 1.48. The summed E-state index contributed by atoms with van der Waals surface area (Å²) in [5.41, 5.74) is 0. The standard InChI is InChI=1S/C16H19BrN4O2/c17-13-2-1-3-14(10-13)23-7-4-18-15-11-16(20-12-19-15)21-5-8-22-9-6-21/h1-3,10-12H,4-9H2,(H,18,19,20). The van der Waals surface area contributed by atoms with Crippen LogP contribution in [0.2, 0.25) is 0 Å². The molecule has 122 valence electrons. The number of benzene rings is 1. The number of aromatic nitrogens is 2. The summed E-state index contributed by atoms with van der Waals surface area (Å²) in [4.78, 5) is 10.8. The molecule has 1 fully saturated rings. The van der Waals surface area contributed by atoms with E-state index in [0.29, 0.717) is 13.2 Å². The predicted molar refractivity (Wildman–Crippen MR) is 93.2 cm³/mol. The van der Waals surface area contributed by atoms with Crippen LogP contribution in [0.15, 0.2) is 41.1 Å². The van der Waals surface area contributed by atoms with Crippen LogP contribution in [0.3, 0.4) is 0 Å². The maximum absolute atomic E-state index is 5.69. The van der Waals surface area contributed by atoms with Crippen molar-refractivity contribution in [2.75, 3.05) is 49.7 Å². The molecule has 1 N–H and O–H groups in total. The molecule has 2 heterocycles. The second kappa shape index (κ2) is 8.12. The first-order valence-electron chi connectivity index (χ1n) is 7.58. The molecule has 23 heavy (non-hydrogen) atoms. The molecule has 7 heteroatoms. The normalized spacial score (nSPS) is 14.6. The van der Waals surface area contributed by atoms with E-state index in [2.05, 4.69) is 36.1 Å². The maximum atomic E-state index is 5.69. The van der Waals surface area contributed by atoms with Gasteiger partial charge < -0.3 is 19.7 Å². The van der Waals surface area contributed by atoms with Crippen LogP contribution >= 0.6 is 15.9 Å². The number of anilines is 2. The number of morpholine rings is 1. The first-order valence-corrected chi connectivity index (χ1v) is 8.37. The molecular formula is C16H19BrN4O2. The van der Waals surface area contributed by atoms with Crippen molar-refractivity contribution >= 4 is 27.6 Å². The number of nitrogens with zero attached hydrogens (tertiary/aromatic N) is 3. The van der Waals surface area contributed by atoms with E-state index in [1.807, 2.05) is 30.3 Å². The van der Waals surface area contributed by atoms with Crippen molar-refractivity contribution in [3.05, 3.63) is 41.1 Å². The van der Waals surface area contributed by atoms with Crippen LogP contribution in [0, 0.1) is 0 Å². The van der Waals surface area contributed by atoms with Gasteiger partial charge in [0.15, 0.2) is 0 Å². The second-order valence-electron chi connectivity index (χ2n) is 5.09. The minimum Gasteiger partial charge on any atom is -0.492 e. The van der Waals surface area contributed by atoms with E-state index >= 15 is 0 Å². The molecule has 0 amide bonds. The van der Waals surface area contributed by atoms with Gasteiger partial charge in [0.1, 0.15) is 30.3 Å². The third kappa shape index (κ3) is 4.80. The molecule has 1 aromatic heterocycles. The number of hydrogen-bond acceptors (Lipinski definition) is 6. The van der Waals surface area contributed by atoms with E-state index in [0.717, 1.165) is 48.2 Å². The lowest BCUT2D eigenvalue weighted by atomic mass is 10.3. The fourth-order valence-electron chi connectivity index (χ4n) is 2.31. The maximum Gasteiger partial charge on any atom is 0.134 e. The SMILES string of the molecule is Brc1cccc(OCCNc2cc(N3CCOCC3)ncn2)c1.